The Morgan fingerprint density at radius 3 is 1.71 bits per heavy atom. The fourth-order valence-electron chi connectivity index (χ4n) is 2.71. The lowest BCUT2D eigenvalue weighted by molar-refractivity contribution is -0.152. The molecule has 8 nitrogen and oxygen atoms in total. The molecule has 0 amide bonds. The molecule has 0 aromatic heterocycles. The number of hydrogen-bond acceptors (Lipinski definition) is 8. The van der Waals surface area contributed by atoms with E-state index in [2.05, 4.69) is 11.7 Å². The number of hydrogen-bond donors (Lipinski definition) is 0. The monoisotopic (exact) mass is 444 g/mol. The molecule has 0 N–H and O–H groups in total. The largest absolute Gasteiger partial charge is 0.469 e. The van der Waals surface area contributed by atoms with Crippen LogP contribution in [0.25, 0.3) is 0 Å². The predicted molar refractivity (Wildman–Crippen MR) is 115 cm³/mol. The first-order valence-corrected chi connectivity index (χ1v) is 11.1. The summed E-state index contributed by atoms with van der Waals surface area (Å²) in [7, 11) is 1.41. The van der Waals surface area contributed by atoms with E-state index in [-0.39, 0.29) is 36.1 Å². The fourth-order valence-corrected chi connectivity index (χ4v) is 2.71. The molecule has 3 atom stereocenters. The number of rotatable bonds is 2. The SMILES string of the molecule is CC1CCC(=O)O1.CC1CCC(=O)OC1.CC1CCCC(=O)O1.COC(=O)CC(C)C. The Balaban J connectivity index is 0.000000387. The maximum Gasteiger partial charge on any atom is 0.306 e. The highest BCUT2D eigenvalue weighted by Crippen LogP contribution is 2.13. The maximum absolute atomic E-state index is 10.5. The molecule has 0 bridgehead atoms. The molecule has 3 rings (SSSR count). The Morgan fingerprint density at radius 2 is 1.45 bits per heavy atom. The topological polar surface area (TPSA) is 105 Å². The number of carbonyl (C=O) groups is 4. The average Bonchev–Trinajstić information content (AvgIpc) is 3.07. The molecule has 0 aromatic rings. The number of methoxy groups -OCH3 is 1. The normalized spacial score (nSPS) is 24.6. The number of cyclic esters (lactones) is 3. The van der Waals surface area contributed by atoms with Gasteiger partial charge in [0.1, 0.15) is 0 Å². The summed E-state index contributed by atoms with van der Waals surface area (Å²) in [5, 5.41) is 0. The second-order valence-electron chi connectivity index (χ2n) is 8.53. The summed E-state index contributed by atoms with van der Waals surface area (Å²) in [5.41, 5.74) is 0. The van der Waals surface area contributed by atoms with Crippen molar-refractivity contribution in [2.45, 2.75) is 98.2 Å². The number of esters is 4. The molecule has 3 fully saturated rings. The molecule has 0 saturated carbocycles. The highest BCUT2D eigenvalue weighted by molar-refractivity contribution is 5.71. The van der Waals surface area contributed by atoms with Gasteiger partial charge in [-0.1, -0.05) is 20.8 Å². The van der Waals surface area contributed by atoms with Gasteiger partial charge in [0.25, 0.3) is 0 Å². The van der Waals surface area contributed by atoms with Crippen LogP contribution in [-0.4, -0.2) is 49.8 Å². The van der Waals surface area contributed by atoms with Crippen molar-refractivity contribution in [3.8, 4) is 0 Å². The van der Waals surface area contributed by atoms with Gasteiger partial charge in [0, 0.05) is 25.7 Å². The smallest absolute Gasteiger partial charge is 0.306 e. The third-order valence-electron chi connectivity index (χ3n) is 4.58. The molecule has 3 aliphatic rings. The van der Waals surface area contributed by atoms with Crippen molar-refractivity contribution in [1.29, 1.82) is 0 Å². The Labute approximate surface area is 186 Å². The van der Waals surface area contributed by atoms with Crippen molar-refractivity contribution >= 4 is 23.9 Å². The van der Waals surface area contributed by atoms with E-state index in [0.29, 0.717) is 44.1 Å². The molecular weight excluding hydrogens is 404 g/mol. The second-order valence-corrected chi connectivity index (χ2v) is 8.53. The van der Waals surface area contributed by atoms with Crippen LogP contribution in [0.2, 0.25) is 0 Å². The molecule has 0 radical (unpaired) electrons. The summed E-state index contributed by atoms with van der Waals surface area (Å²) >= 11 is 0. The lowest BCUT2D eigenvalue weighted by Gasteiger charge is -2.17. The van der Waals surface area contributed by atoms with Crippen LogP contribution in [0.1, 0.15) is 86.0 Å². The van der Waals surface area contributed by atoms with Crippen molar-refractivity contribution in [2.75, 3.05) is 13.7 Å². The van der Waals surface area contributed by atoms with E-state index in [9.17, 15) is 19.2 Å². The molecule has 31 heavy (non-hydrogen) atoms. The first-order valence-electron chi connectivity index (χ1n) is 11.1. The lowest BCUT2D eigenvalue weighted by atomic mass is 10.1. The number of carbonyl (C=O) groups excluding carboxylic acids is 4. The van der Waals surface area contributed by atoms with Crippen LogP contribution < -0.4 is 0 Å². The first kappa shape index (κ1) is 28.9. The standard InChI is InChI=1S/2C6H10O2.C6H12O2.C5H8O2/c1-5-2-3-6(7)8-4-5;1-5-3-2-4-6(7)8-5;1-5(2)4-6(7)8-3;1-4-2-3-5(6)7-4/h2*5H,2-4H2,1H3;5H,4H2,1-3H3;4H,2-3H2,1H3. The summed E-state index contributed by atoms with van der Waals surface area (Å²) in [6.45, 7) is 10.5. The minimum atomic E-state index is -0.125. The zero-order chi connectivity index (χ0) is 23.8. The molecule has 0 aromatic carbocycles. The van der Waals surface area contributed by atoms with Gasteiger partial charge in [-0.3, -0.25) is 19.2 Å². The highest BCUT2D eigenvalue weighted by Gasteiger charge is 2.17. The van der Waals surface area contributed by atoms with Crippen LogP contribution in [-0.2, 0) is 38.1 Å². The van der Waals surface area contributed by atoms with Gasteiger partial charge in [-0.2, -0.15) is 0 Å². The van der Waals surface area contributed by atoms with Crippen LogP contribution in [0.5, 0.6) is 0 Å². The average molecular weight is 445 g/mol. The van der Waals surface area contributed by atoms with Gasteiger partial charge in [0.2, 0.25) is 0 Å². The molecule has 3 heterocycles. The Morgan fingerprint density at radius 1 is 0.903 bits per heavy atom. The van der Waals surface area contributed by atoms with Crippen molar-refractivity contribution in [1.82, 2.24) is 0 Å². The fraction of sp³-hybridized carbons (Fsp3) is 0.826. The highest BCUT2D eigenvalue weighted by atomic mass is 16.6. The van der Waals surface area contributed by atoms with E-state index in [1.165, 1.54) is 7.11 Å². The van der Waals surface area contributed by atoms with E-state index in [4.69, 9.17) is 14.2 Å². The van der Waals surface area contributed by atoms with Crippen LogP contribution >= 0.6 is 0 Å². The van der Waals surface area contributed by atoms with E-state index in [1.807, 2.05) is 27.7 Å². The molecule has 3 saturated heterocycles. The molecule has 3 aliphatic heterocycles. The summed E-state index contributed by atoms with van der Waals surface area (Å²) in [6, 6.07) is 0. The summed E-state index contributed by atoms with van der Waals surface area (Å²) in [6.07, 6.45) is 6.64. The maximum atomic E-state index is 10.5. The van der Waals surface area contributed by atoms with Crippen LogP contribution in [0.3, 0.4) is 0 Å². The second kappa shape index (κ2) is 16.6. The minimum absolute atomic E-state index is 0.0382. The minimum Gasteiger partial charge on any atom is -0.469 e. The van der Waals surface area contributed by atoms with Gasteiger partial charge in [-0.25, -0.2) is 0 Å². The number of ether oxygens (including phenoxy) is 4. The van der Waals surface area contributed by atoms with E-state index >= 15 is 0 Å². The summed E-state index contributed by atoms with van der Waals surface area (Å²) in [5.74, 6) is 0.731. The van der Waals surface area contributed by atoms with Crippen molar-refractivity contribution in [3.63, 3.8) is 0 Å². The van der Waals surface area contributed by atoms with Crippen LogP contribution in [0.4, 0.5) is 0 Å². The van der Waals surface area contributed by atoms with Gasteiger partial charge in [-0.15, -0.1) is 0 Å². The third kappa shape index (κ3) is 17.3. The Kier molecular flexibility index (Phi) is 15.4. The molecule has 0 spiro atoms. The van der Waals surface area contributed by atoms with Crippen LogP contribution in [0, 0.1) is 11.8 Å². The van der Waals surface area contributed by atoms with Crippen molar-refractivity contribution in [2.24, 2.45) is 11.8 Å². The van der Waals surface area contributed by atoms with Crippen LogP contribution in [0.15, 0.2) is 0 Å². The van der Waals surface area contributed by atoms with E-state index in [0.717, 1.165) is 25.7 Å². The predicted octanol–water partition coefficient (Wildman–Crippen LogP) is 3.98. The zero-order valence-electron chi connectivity index (χ0n) is 19.9. The van der Waals surface area contributed by atoms with Gasteiger partial charge in [-0.05, 0) is 51.4 Å². The van der Waals surface area contributed by atoms with Crippen molar-refractivity contribution in [3.05, 3.63) is 0 Å². The van der Waals surface area contributed by atoms with E-state index in [1.54, 1.807) is 0 Å². The van der Waals surface area contributed by atoms with Gasteiger partial charge in [0.15, 0.2) is 0 Å². The molecule has 180 valence electrons. The van der Waals surface area contributed by atoms with Gasteiger partial charge < -0.3 is 18.9 Å². The first-order chi connectivity index (χ1) is 14.5. The molecule has 0 aliphatic carbocycles. The molecule has 3 unspecified atom stereocenters. The molecular formula is C23H40O8. The van der Waals surface area contributed by atoms with Crippen molar-refractivity contribution < 1.29 is 38.1 Å². The quantitative estimate of drug-likeness (QED) is 0.465. The van der Waals surface area contributed by atoms with E-state index < -0.39 is 0 Å². The Hall–Kier alpha value is -2.12. The lowest BCUT2D eigenvalue weighted by Crippen LogP contribution is -2.19. The summed E-state index contributed by atoms with van der Waals surface area (Å²) < 4.78 is 18.7. The molecule has 8 heteroatoms. The Bertz CT molecular complexity index is 542. The zero-order valence-corrected chi connectivity index (χ0v) is 19.9. The van der Waals surface area contributed by atoms with Gasteiger partial charge >= 0.3 is 23.9 Å². The van der Waals surface area contributed by atoms with Gasteiger partial charge in [0.05, 0.1) is 25.9 Å². The summed E-state index contributed by atoms with van der Waals surface area (Å²) in [4.78, 5) is 41.5. The third-order valence-corrected chi connectivity index (χ3v) is 4.58.